The summed E-state index contributed by atoms with van der Waals surface area (Å²) in [4.78, 5) is 0. The lowest BCUT2D eigenvalue weighted by Gasteiger charge is -1.97. The fourth-order valence-corrected chi connectivity index (χ4v) is 0.547. The molecule has 0 rings (SSSR count). The smallest absolute Gasteiger partial charge is 0.163 e. The molecule has 0 aliphatic carbocycles. The Morgan fingerprint density at radius 2 is 2.44 bits per heavy atom. The van der Waals surface area contributed by atoms with Gasteiger partial charge in [0.1, 0.15) is 0 Å². The minimum Gasteiger partial charge on any atom is -0.376 e. The van der Waals surface area contributed by atoms with Crippen LogP contribution in [0.25, 0.3) is 0 Å². The highest BCUT2D eigenvalue weighted by Crippen LogP contribution is 1.77. The Balaban J connectivity index is 3.01. The molecule has 0 fully saturated rings. The zero-order valence-corrected chi connectivity index (χ0v) is 6.37. The van der Waals surface area contributed by atoms with Gasteiger partial charge in [0.05, 0.1) is 0 Å². The SMILES string of the molecule is CC=CCCNC(N)=S. The summed E-state index contributed by atoms with van der Waals surface area (Å²) in [5.41, 5.74) is 5.17. The average Bonchev–Trinajstić information content (AvgIpc) is 1.80. The number of hydrogen-bond donors (Lipinski definition) is 2. The van der Waals surface area contributed by atoms with Gasteiger partial charge in [-0.25, -0.2) is 0 Å². The Morgan fingerprint density at radius 1 is 1.78 bits per heavy atom. The van der Waals surface area contributed by atoms with Gasteiger partial charge in [-0.1, -0.05) is 12.2 Å². The maximum Gasteiger partial charge on any atom is 0.163 e. The van der Waals surface area contributed by atoms with Crippen LogP contribution in [0, 0.1) is 0 Å². The topological polar surface area (TPSA) is 38.0 Å². The summed E-state index contributed by atoms with van der Waals surface area (Å²) < 4.78 is 0. The van der Waals surface area contributed by atoms with Crippen LogP contribution in [0.3, 0.4) is 0 Å². The zero-order chi connectivity index (χ0) is 7.11. The molecule has 2 nitrogen and oxygen atoms in total. The van der Waals surface area contributed by atoms with Gasteiger partial charge in [0.15, 0.2) is 5.11 Å². The predicted octanol–water partition coefficient (Wildman–Crippen LogP) is 0.786. The molecule has 0 saturated heterocycles. The van der Waals surface area contributed by atoms with E-state index in [0.717, 1.165) is 13.0 Å². The Bertz CT molecular complexity index is 110. The first kappa shape index (κ1) is 8.43. The van der Waals surface area contributed by atoms with Gasteiger partial charge in [0.25, 0.3) is 0 Å². The number of rotatable bonds is 3. The maximum atomic E-state index is 5.17. The summed E-state index contributed by atoms with van der Waals surface area (Å²) in [6, 6.07) is 0. The van der Waals surface area contributed by atoms with E-state index in [1.54, 1.807) is 0 Å². The van der Waals surface area contributed by atoms with Crippen LogP contribution in [0.4, 0.5) is 0 Å². The second kappa shape index (κ2) is 5.56. The van der Waals surface area contributed by atoms with Crippen molar-refractivity contribution in [2.24, 2.45) is 5.73 Å². The van der Waals surface area contributed by atoms with Crippen molar-refractivity contribution in [1.29, 1.82) is 0 Å². The second-order valence-electron chi connectivity index (χ2n) is 1.65. The van der Waals surface area contributed by atoms with Crippen molar-refractivity contribution in [3.63, 3.8) is 0 Å². The Hall–Kier alpha value is -0.570. The van der Waals surface area contributed by atoms with Gasteiger partial charge >= 0.3 is 0 Å². The lowest BCUT2D eigenvalue weighted by Crippen LogP contribution is -2.29. The van der Waals surface area contributed by atoms with Crippen LogP contribution >= 0.6 is 12.2 Å². The highest BCUT2D eigenvalue weighted by molar-refractivity contribution is 7.80. The van der Waals surface area contributed by atoms with Crippen LogP contribution in [-0.4, -0.2) is 11.7 Å². The van der Waals surface area contributed by atoms with Gasteiger partial charge in [0.2, 0.25) is 0 Å². The van der Waals surface area contributed by atoms with Gasteiger partial charge in [-0.3, -0.25) is 0 Å². The van der Waals surface area contributed by atoms with Gasteiger partial charge in [-0.2, -0.15) is 0 Å². The summed E-state index contributed by atoms with van der Waals surface area (Å²) in [6.45, 7) is 2.82. The van der Waals surface area contributed by atoms with Crippen LogP contribution in [0.2, 0.25) is 0 Å². The third-order valence-electron chi connectivity index (χ3n) is 0.846. The van der Waals surface area contributed by atoms with Crippen molar-refractivity contribution in [2.45, 2.75) is 13.3 Å². The number of thiocarbonyl (C=S) groups is 1. The molecule has 0 aromatic heterocycles. The molecule has 0 aliphatic rings. The fourth-order valence-electron chi connectivity index (χ4n) is 0.445. The van der Waals surface area contributed by atoms with Gasteiger partial charge in [-0.05, 0) is 25.6 Å². The number of nitrogens with one attached hydrogen (secondary N) is 1. The Kier molecular flexibility index (Phi) is 5.21. The molecular formula is C6H12N2S. The van der Waals surface area contributed by atoms with Gasteiger partial charge in [0, 0.05) is 6.54 Å². The lowest BCUT2D eigenvalue weighted by atomic mass is 10.4. The highest BCUT2D eigenvalue weighted by Gasteiger charge is 1.81. The number of allylic oxidation sites excluding steroid dienone is 1. The van der Waals surface area contributed by atoms with E-state index in [2.05, 4.69) is 23.6 Å². The third kappa shape index (κ3) is 7.43. The molecule has 0 amide bonds. The molecule has 9 heavy (non-hydrogen) atoms. The molecule has 0 aromatic rings. The molecular weight excluding hydrogens is 132 g/mol. The summed E-state index contributed by atoms with van der Waals surface area (Å²) in [5.74, 6) is 0. The van der Waals surface area contributed by atoms with E-state index in [4.69, 9.17) is 5.73 Å². The lowest BCUT2D eigenvalue weighted by molar-refractivity contribution is 0.892. The van der Waals surface area contributed by atoms with E-state index < -0.39 is 0 Å². The molecule has 0 unspecified atom stereocenters. The standard InChI is InChI=1S/C6H12N2S/c1-2-3-4-5-8-6(7)9/h2-3H,4-5H2,1H3,(H3,7,8,9). The molecule has 0 atom stereocenters. The van der Waals surface area contributed by atoms with E-state index in [9.17, 15) is 0 Å². The fraction of sp³-hybridized carbons (Fsp3) is 0.500. The maximum absolute atomic E-state index is 5.17. The van der Waals surface area contributed by atoms with Crippen molar-refractivity contribution >= 4 is 17.3 Å². The van der Waals surface area contributed by atoms with Crippen molar-refractivity contribution in [2.75, 3.05) is 6.54 Å². The van der Waals surface area contributed by atoms with Crippen molar-refractivity contribution < 1.29 is 0 Å². The van der Waals surface area contributed by atoms with Gasteiger partial charge < -0.3 is 11.1 Å². The molecule has 0 saturated carbocycles. The van der Waals surface area contributed by atoms with Crippen LogP contribution in [0.5, 0.6) is 0 Å². The summed E-state index contributed by atoms with van der Waals surface area (Å²) >= 11 is 4.59. The van der Waals surface area contributed by atoms with E-state index in [-0.39, 0.29) is 0 Å². The molecule has 0 heterocycles. The van der Waals surface area contributed by atoms with E-state index in [0.29, 0.717) is 5.11 Å². The van der Waals surface area contributed by atoms with Crippen LogP contribution in [0.1, 0.15) is 13.3 Å². The first-order valence-electron chi connectivity index (χ1n) is 2.92. The van der Waals surface area contributed by atoms with Gasteiger partial charge in [-0.15, -0.1) is 0 Å². The molecule has 0 bridgehead atoms. The second-order valence-corrected chi connectivity index (χ2v) is 2.09. The summed E-state index contributed by atoms with van der Waals surface area (Å²) in [7, 11) is 0. The minimum absolute atomic E-state index is 0.375. The van der Waals surface area contributed by atoms with Crippen molar-refractivity contribution in [3.8, 4) is 0 Å². The van der Waals surface area contributed by atoms with Crippen LogP contribution < -0.4 is 11.1 Å². The predicted molar refractivity (Wildman–Crippen MR) is 44.2 cm³/mol. The van der Waals surface area contributed by atoms with Crippen molar-refractivity contribution in [3.05, 3.63) is 12.2 Å². The minimum atomic E-state index is 0.375. The van der Waals surface area contributed by atoms with Crippen molar-refractivity contribution in [1.82, 2.24) is 5.32 Å². The Labute approximate surface area is 61.1 Å². The number of nitrogens with two attached hydrogens (primary N) is 1. The highest BCUT2D eigenvalue weighted by atomic mass is 32.1. The normalized spacial score (nSPS) is 9.89. The van der Waals surface area contributed by atoms with E-state index in [1.807, 2.05) is 13.0 Å². The first-order valence-corrected chi connectivity index (χ1v) is 3.32. The molecule has 3 heteroatoms. The molecule has 52 valence electrons. The van der Waals surface area contributed by atoms with Crippen LogP contribution in [0.15, 0.2) is 12.2 Å². The summed E-state index contributed by atoms with van der Waals surface area (Å²) in [5, 5.41) is 3.21. The monoisotopic (exact) mass is 144 g/mol. The average molecular weight is 144 g/mol. The largest absolute Gasteiger partial charge is 0.376 e. The zero-order valence-electron chi connectivity index (χ0n) is 5.55. The van der Waals surface area contributed by atoms with E-state index >= 15 is 0 Å². The molecule has 0 radical (unpaired) electrons. The molecule has 3 N–H and O–H groups in total. The molecule has 0 aromatic carbocycles. The Morgan fingerprint density at radius 3 is 2.89 bits per heavy atom. The third-order valence-corrected chi connectivity index (χ3v) is 0.990. The van der Waals surface area contributed by atoms with E-state index in [1.165, 1.54) is 0 Å². The first-order chi connectivity index (χ1) is 4.27. The summed E-state index contributed by atoms with van der Waals surface area (Å²) in [6.07, 6.45) is 5.04. The number of hydrogen-bond acceptors (Lipinski definition) is 1. The van der Waals surface area contributed by atoms with Crippen LogP contribution in [-0.2, 0) is 0 Å². The quantitative estimate of drug-likeness (QED) is 0.349. The molecule has 0 spiro atoms. The molecule has 0 aliphatic heterocycles.